The highest BCUT2D eigenvalue weighted by Crippen LogP contribution is 2.13. The molecule has 1 saturated heterocycles. The maximum absolute atomic E-state index is 12.4. The fraction of sp³-hybridized carbons (Fsp3) is 0.500. The van der Waals surface area contributed by atoms with E-state index in [1.165, 1.54) is 0 Å². The van der Waals surface area contributed by atoms with Crippen LogP contribution in [0, 0.1) is 5.92 Å². The highest BCUT2D eigenvalue weighted by Gasteiger charge is 2.15. The Balaban J connectivity index is 1.59. The fourth-order valence-corrected chi connectivity index (χ4v) is 3.03. The molecule has 2 aromatic rings. The van der Waals surface area contributed by atoms with Crippen molar-refractivity contribution in [1.29, 1.82) is 0 Å². The van der Waals surface area contributed by atoms with Gasteiger partial charge in [-0.2, -0.15) is 0 Å². The molecule has 0 bridgehead atoms. The summed E-state index contributed by atoms with van der Waals surface area (Å²) in [6.45, 7) is 2.24. The van der Waals surface area contributed by atoms with Gasteiger partial charge in [0.15, 0.2) is 0 Å². The number of carbonyl (C=O) groups is 1. The van der Waals surface area contributed by atoms with E-state index in [4.69, 9.17) is 4.74 Å². The molecule has 6 heteroatoms. The number of carbonyl (C=O) groups excluding carboxylic acids is 1. The summed E-state index contributed by atoms with van der Waals surface area (Å²) in [4.78, 5) is 28.8. The summed E-state index contributed by atoms with van der Waals surface area (Å²) in [6.07, 6.45) is 2.63. The molecule has 1 aromatic heterocycles. The van der Waals surface area contributed by atoms with Crippen molar-refractivity contribution in [3.8, 4) is 0 Å². The van der Waals surface area contributed by atoms with Gasteiger partial charge in [0, 0.05) is 39.6 Å². The molecule has 6 nitrogen and oxygen atoms in total. The quantitative estimate of drug-likeness (QED) is 0.900. The van der Waals surface area contributed by atoms with Crippen LogP contribution >= 0.6 is 0 Å². The first-order valence-corrected chi connectivity index (χ1v) is 8.44. The Bertz CT molecular complexity index is 779. The van der Waals surface area contributed by atoms with Crippen LogP contribution in [0.25, 0.3) is 11.0 Å². The summed E-state index contributed by atoms with van der Waals surface area (Å²) in [5, 5.41) is 2.96. The van der Waals surface area contributed by atoms with Gasteiger partial charge in [-0.25, -0.2) is 4.98 Å². The first-order valence-electron chi connectivity index (χ1n) is 8.44. The zero-order chi connectivity index (χ0) is 16.9. The number of hydrogen-bond donors (Lipinski definition) is 1. The number of nitrogens with one attached hydrogen (secondary N) is 1. The second-order valence-corrected chi connectivity index (χ2v) is 6.27. The van der Waals surface area contributed by atoms with Crippen molar-refractivity contribution >= 4 is 16.9 Å². The largest absolute Gasteiger partial charge is 0.381 e. The van der Waals surface area contributed by atoms with Crippen LogP contribution in [0.5, 0.6) is 0 Å². The van der Waals surface area contributed by atoms with Gasteiger partial charge in [0.1, 0.15) is 5.69 Å². The van der Waals surface area contributed by atoms with Gasteiger partial charge in [0.2, 0.25) is 5.91 Å². The van der Waals surface area contributed by atoms with Crippen molar-refractivity contribution in [1.82, 2.24) is 14.9 Å². The van der Waals surface area contributed by atoms with Gasteiger partial charge < -0.3 is 14.6 Å². The van der Waals surface area contributed by atoms with Gasteiger partial charge in [0.25, 0.3) is 5.56 Å². The topological polar surface area (TPSA) is 73.2 Å². The van der Waals surface area contributed by atoms with E-state index in [0.717, 1.165) is 37.1 Å². The van der Waals surface area contributed by atoms with Crippen LogP contribution < -0.4 is 10.9 Å². The minimum Gasteiger partial charge on any atom is -0.381 e. The Morgan fingerprint density at radius 1 is 1.33 bits per heavy atom. The zero-order valence-corrected chi connectivity index (χ0v) is 14.0. The third kappa shape index (κ3) is 3.82. The van der Waals surface area contributed by atoms with Crippen LogP contribution in [0.1, 0.15) is 25.0 Å². The Morgan fingerprint density at radius 2 is 2.08 bits per heavy atom. The number of hydrogen-bond acceptors (Lipinski definition) is 4. The number of benzene rings is 1. The molecule has 0 aliphatic carbocycles. The van der Waals surface area contributed by atoms with Gasteiger partial charge in [-0.1, -0.05) is 12.1 Å². The van der Waals surface area contributed by atoms with Crippen LogP contribution in [-0.2, 0) is 23.0 Å². The second kappa shape index (κ2) is 7.57. The molecule has 2 heterocycles. The molecule has 1 N–H and O–H groups in total. The lowest BCUT2D eigenvalue weighted by Crippen LogP contribution is -2.33. The molecule has 24 heavy (non-hydrogen) atoms. The van der Waals surface area contributed by atoms with Crippen molar-refractivity contribution in [3.05, 3.63) is 40.3 Å². The summed E-state index contributed by atoms with van der Waals surface area (Å²) in [5.41, 5.74) is 1.88. The van der Waals surface area contributed by atoms with Gasteiger partial charge in [-0.05, 0) is 30.9 Å². The number of fused-ring (bicyclic) bond motifs is 1. The monoisotopic (exact) mass is 329 g/mol. The van der Waals surface area contributed by atoms with Crippen molar-refractivity contribution < 1.29 is 9.53 Å². The van der Waals surface area contributed by atoms with Crippen LogP contribution in [0.15, 0.2) is 29.1 Å². The molecule has 1 aliphatic rings. The third-order valence-corrected chi connectivity index (χ3v) is 4.57. The Kier molecular flexibility index (Phi) is 5.25. The van der Waals surface area contributed by atoms with Gasteiger partial charge >= 0.3 is 0 Å². The van der Waals surface area contributed by atoms with Crippen molar-refractivity contribution in [3.63, 3.8) is 0 Å². The molecular formula is C18H23N3O3. The number of amides is 1. The lowest BCUT2D eigenvalue weighted by molar-refractivity contribution is -0.121. The third-order valence-electron chi connectivity index (χ3n) is 4.57. The average molecular weight is 329 g/mol. The standard InChI is InChI=1S/C18H23N3O3/c1-21-16-5-3-2-4-14(16)20-15(18(21)23)6-7-17(22)19-12-13-8-10-24-11-9-13/h2-5,13H,6-12H2,1H3,(H,19,22). The number of aromatic nitrogens is 2. The molecule has 0 atom stereocenters. The van der Waals surface area contributed by atoms with E-state index in [1.54, 1.807) is 11.6 Å². The van der Waals surface area contributed by atoms with E-state index < -0.39 is 0 Å². The molecule has 0 unspecified atom stereocenters. The Hall–Kier alpha value is -2.21. The molecule has 1 amide bonds. The second-order valence-electron chi connectivity index (χ2n) is 6.27. The van der Waals surface area contributed by atoms with Crippen molar-refractivity contribution in [2.75, 3.05) is 19.8 Å². The van der Waals surface area contributed by atoms with E-state index in [2.05, 4.69) is 10.3 Å². The molecular weight excluding hydrogens is 306 g/mol. The zero-order valence-electron chi connectivity index (χ0n) is 14.0. The molecule has 1 aromatic carbocycles. The number of para-hydroxylation sites is 2. The predicted molar refractivity (Wildman–Crippen MR) is 91.9 cm³/mol. The van der Waals surface area contributed by atoms with E-state index >= 15 is 0 Å². The minimum absolute atomic E-state index is 0.0292. The normalized spacial score (nSPS) is 15.5. The summed E-state index contributed by atoms with van der Waals surface area (Å²) in [5.74, 6) is 0.466. The van der Waals surface area contributed by atoms with Crippen LogP contribution in [-0.4, -0.2) is 35.2 Å². The van der Waals surface area contributed by atoms with Gasteiger partial charge in [-0.15, -0.1) is 0 Å². The van der Waals surface area contributed by atoms with Crippen LogP contribution in [0.2, 0.25) is 0 Å². The molecule has 128 valence electrons. The van der Waals surface area contributed by atoms with Crippen LogP contribution in [0.4, 0.5) is 0 Å². The van der Waals surface area contributed by atoms with Crippen molar-refractivity contribution in [2.24, 2.45) is 13.0 Å². The highest BCUT2D eigenvalue weighted by atomic mass is 16.5. The van der Waals surface area contributed by atoms with E-state index in [1.807, 2.05) is 24.3 Å². The summed E-state index contributed by atoms with van der Waals surface area (Å²) in [6, 6.07) is 7.52. The molecule has 0 saturated carbocycles. The number of nitrogens with zero attached hydrogens (tertiary/aromatic N) is 2. The Labute approximate surface area is 140 Å². The Morgan fingerprint density at radius 3 is 2.88 bits per heavy atom. The van der Waals surface area contributed by atoms with Crippen LogP contribution in [0.3, 0.4) is 0 Å². The number of aryl methyl sites for hydroxylation is 2. The smallest absolute Gasteiger partial charge is 0.272 e. The van der Waals surface area contributed by atoms with E-state index in [0.29, 0.717) is 24.6 Å². The molecule has 0 radical (unpaired) electrons. The van der Waals surface area contributed by atoms with Gasteiger partial charge in [0.05, 0.1) is 11.0 Å². The maximum Gasteiger partial charge on any atom is 0.272 e. The molecule has 1 aliphatic heterocycles. The average Bonchev–Trinajstić information content (AvgIpc) is 2.62. The van der Waals surface area contributed by atoms with Gasteiger partial charge in [-0.3, -0.25) is 9.59 Å². The first-order chi connectivity index (χ1) is 11.6. The SMILES string of the molecule is Cn1c(=O)c(CCC(=O)NCC2CCOCC2)nc2ccccc21. The lowest BCUT2D eigenvalue weighted by atomic mass is 10.0. The predicted octanol–water partition coefficient (Wildman–Crippen LogP) is 1.41. The summed E-state index contributed by atoms with van der Waals surface area (Å²) < 4.78 is 6.91. The maximum atomic E-state index is 12.4. The first kappa shape index (κ1) is 16.6. The number of ether oxygens (including phenoxy) is 1. The minimum atomic E-state index is -0.133. The molecule has 1 fully saturated rings. The fourth-order valence-electron chi connectivity index (χ4n) is 3.03. The lowest BCUT2D eigenvalue weighted by Gasteiger charge is -2.22. The highest BCUT2D eigenvalue weighted by molar-refractivity contribution is 5.76. The summed E-state index contributed by atoms with van der Waals surface area (Å²) >= 11 is 0. The number of rotatable bonds is 5. The van der Waals surface area contributed by atoms with Crippen molar-refractivity contribution in [2.45, 2.75) is 25.7 Å². The summed E-state index contributed by atoms with van der Waals surface area (Å²) in [7, 11) is 1.74. The molecule has 3 rings (SSSR count). The molecule has 0 spiro atoms. The van der Waals surface area contributed by atoms with E-state index in [-0.39, 0.29) is 17.9 Å². The van der Waals surface area contributed by atoms with E-state index in [9.17, 15) is 9.59 Å².